The van der Waals surface area contributed by atoms with Crippen LogP contribution in [0.5, 0.6) is 0 Å². The fourth-order valence-corrected chi connectivity index (χ4v) is 0.433. The first-order valence-corrected chi connectivity index (χ1v) is 2.81. The van der Waals surface area contributed by atoms with E-state index in [0.717, 1.165) is 13.2 Å². The van der Waals surface area contributed by atoms with Crippen molar-refractivity contribution >= 4 is 5.97 Å². The Morgan fingerprint density at radius 2 is 1.93 bits per heavy atom. The Hall–Kier alpha value is -0.710. The third kappa shape index (κ3) is 4.00. The number of halogens is 3. The van der Waals surface area contributed by atoms with E-state index in [4.69, 9.17) is 5.26 Å². The number of rotatable bonds is 1. The summed E-state index contributed by atoms with van der Waals surface area (Å²) in [4.78, 5) is 10.4. The van der Waals surface area contributed by atoms with E-state index in [2.05, 4.69) is 4.74 Å². The van der Waals surface area contributed by atoms with Gasteiger partial charge in [-0.25, -0.2) is 4.79 Å². The number of nitrogens with zero attached hydrogens (tertiary/aromatic N) is 1. The summed E-state index contributed by atoms with van der Waals surface area (Å²) < 4.78 is 38.8. The van der Waals surface area contributed by atoms with Crippen molar-refractivity contribution in [2.24, 2.45) is 0 Å². The van der Waals surface area contributed by atoms with Gasteiger partial charge in [-0.15, -0.1) is 0 Å². The minimum atomic E-state index is -5.24. The summed E-state index contributed by atoms with van der Waals surface area (Å²) in [5, 5.41) is 18.4. The molecule has 0 N–H and O–H groups in total. The van der Waals surface area contributed by atoms with Crippen LogP contribution in [0.2, 0.25) is 0 Å². The van der Waals surface area contributed by atoms with Gasteiger partial charge in [-0.2, -0.15) is 18.4 Å². The molecule has 0 spiro atoms. The molecule has 0 radical (unpaired) electrons. The van der Waals surface area contributed by atoms with Gasteiger partial charge in [-0.05, 0) is 5.76 Å². The van der Waals surface area contributed by atoms with E-state index in [9.17, 15) is 23.1 Å². The van der Waals surface area contributed by atoms with Crippen LogP contribution < -0.4 is 34.7 Å². The second-order valence-corrected chi connectivity index (χ2v) is 1.81. The molecule has 0 bridgehead atoms. The van der Waals surface area contributed by atoms with Gasteiger partial charge in [0.05, 0.1) is 7.11 Å². The average Bonchev–Trinajstić information content (AvgIpc) is 2.03. The van der Waals surface area contributed by atoms with Gasteiger partial charge in [-0.1, -0.05) is 0 Å². The van der Waals surface area contributed by atoms with Gasteiger partial charge < -0.3 is 9.84 Å². The van der Waals surface area contributed by atoms with Crippen molar-refractivity contribution in [3.8, 4) is 6.07 Å². The molecule has 0 aromatic rings. The molecule has 0 amide bonds. The molecule has 0 atom stereocenters. The Kier molecular flexibility index (Phi) is 6.64. The molecule has 0 aromatic heterocycles. The molecular weight excluding hydrogens is 214 g/mol. The monoisotopic (exact) mass is 217 g/mol. The molecule has 0 rings (SSSR count). The second-order valence-electron chi connectivity index (χ2n) is 1.81. The first-order chi connectivity index (χ1) is 5.84. The van der Waals surface area contributed by atoms with E-state index >= 15 is 0 Å². The van der Waals surface area contributed by atoms with E-state index in [0.29, 0.717) is 0 Å². The Morgan fingerprint density at radius 1 is 1.50 bits per heavy atom. The fourth-order valence-electron chi connectivity index (χ4n) is 0.433. The normalized spacial score (nSPS) is 11.9. The van der Waals surface area contributed by atoms with Crippen LogP contribution in [0.25, 0.3) is 0 Å². The molecule has 0 saturated carbocycles. The molecule has 0 aliphatic rings. The summed E-state index contributed by atoms with van der Waals surface area (Å²) in [5.74, 6) is -4.09. The number of hydrogen-bond donors (Lipinski definition) is 0. The maximum Gasteiger partial charge on any atom is 1.00 e. The van der Waals surface area contributed by atoms with Gasteiger partial charge in [0.1, 0.15) is 11.6 Å². The molecule has 8 heteroatoms. The smallest absolute Gasteiger partial charge is 0.868 e. The summed E-state index contributed by atoms with van der Waals surface area (Å²) >= 11 is 0. The van der Waals surface area contributed by atoms with Gasteiger partial charge in [0.2, 0.25) is 0 Å². The number of esters is 1. The van der Waals surface area contributed by atoms with Crippen LogP contribution in [0.15, 0.2) is 11.3 Å². The molecule has 0 fully saturated rings. The first kappa shape index (κ1) is 15.7. The summed E-state index contributed by atoms with van der Waals surface area (Å²) in [6.07, 6.45) is -5.24. The molecule has 0 heterocycles. The minimum absolute atomic E-state index is 0. The number of carbonyl (C=O) groups excluding carboxylic acids is 1. The number of alkyl halides is 3. The van der Waals surface area contributed by atoms with E-state index in [-0.39, 0.29) is 29.6 Å². The first-order valence-electron chi connectivity index (χ1n) is 2.81. The minimum Gasteiger partial charge on any atom is -0.868 e. The van der Waals surface area contributed by atoms with Crippen LogP contribution in [-0.2, 0) is 9.53 Å². The Morgan fingerprint density at radius 3 is 2.14 bits per heavy atom. The third-order valence-electron chi connectivity index (χ3n) is 0.986. The fraction of sp³-hybridized carbons (Fsp3) is 0.333. The third-order valence-corrected chi connectivity index (χ3v) is 0.986. The zero-order valence-corrected chi connectivity index (χ0v) is 9.31. The van der Waals surface area contributed by atoms with E-state index in [1.54, 1.807) is 0 Å². The Labute approximate surface area is 99.2 Å². The van der Waals surface area contributed by atoms with Gasteiger partial charge >= 0.3 is 41.7 Å². The van der Waals surface area contributed by atoms with E-state index < -0.39 is 23.5 Å². The van der Waals surface area contributed by atoms with Gasteiger partial charge in [0.15, 0.2) is 0 Å². The molecular formula is C6H3F3NNaO3. The number of ether oxygens (including phenoxy) is 1. The number of allylic oxidation sites excluding steroid dienone is 1. The maximum atomic E-state index is 11.7. The largest absolute Gasteiger partial charge is 1.00 e. The van der Waals surface area contributed by atoms with Crippen molar-refractivity contribution in [3.05, 3.63) is 11.3 Å². The van der Waals surface area contributed by atoms with Crippen LogP contribution in [0.3, 0.4) is 0 Å². The number of nitriles is 1. The quantitative estimate of drug-likeness (QED) is 0.153. The summed E-state index contributed by atoms with van der Waals surface area (Å²) in [6, 6.07) is 0.832. The van der Waals surface area contributed by atoms with Gasteiger partial charge in [-0.3, -0.25) is 0 Å². The molecule has 0 aliphatic carbocycles. The van der Waals surface area contributed by atoms with E-state index in [1.807, 2.05) is 0 Å². The Balaban J connectivity index is 0. The molecule has 0 aromatic carbocycles. The Bertz CT molecular complexity index is 292. The predicted molar refractivity (Wildman–Crippen MR) is 30.7 cm³/mol. The number of carbonyl (C=O) groups is 1. The number of hydrogen-bond acceptors (Lipinski definition) is 4. The summed E-state index contributed by atoms with van der Waals surface area (Å²) in [5.41, 5.74) is -1.57. The number of methoxy groups -OCH3 is 1. The molecule has 0 aliphatic heterocycles. The molecule has 0 saturated heterocycles. The van der Waals surface area contributed by atoms with Crippen molar-refractivity contribution in [2.75, 3.05) is 7.11 Å². The second kappa shape index (κ2) is 5.90. The molecule has 14 heavy (non-hydrogen) atoms. The average molecular weight is 217 g/mol. The van der Waals surface area contributed by atoms with Crippen molar-refractivity contribution in [2.45, 2.75) is 6.18 Å². The van der Waals surface area contributed by atoms with Gasteiger partial charge in [0, 0.05) is 0 Å². The van der Waals surface area contributed by atoms with Crippen LogP contribution in [0, 0.1) is 11.3 Å². The molecule has 72 valence electrons. The van der Waals surface area contributed by atoms with Crippen LogP contribution in [-0.4, -0.2) is 19.3 Å². The van der Waals surface area contributed by atoms with Crippen LogP contribution in [0.4, 0.5) is 13.2 Å². The zero-order valence-electron chi connectivity index (χ0n) is 7.31. The van der Waals surface area contributed by atoms with Crippen molar-refractivity contribution in [1.82, 2.24) is 0 Å². The predicted octanol–water partition coefficient (Wildman–Crippen LogP) is -3.14. The van der Waals surface area contributed by atoms with Gasteiger partial charge in [0.25, 0.3) is 0 Å². The van der Waals surface area contributed by atoms with E-state index in [1.165, 1.54) is 0 Å². The SMILES string of the molecule is COC(=O)C(C#N)=C([O-])C(F)(F)F.[Na+]. The van der Waals surface area contributed by atoms with Crippen molar-refractivity contribution < 1.29 is 57.4 Å². The standard InChI is InChI=1S/C6H4F3NO3.Na/c1-13-5(12)3(2-10)4(11)6(7,8)9;/h11H,1H3;/q;+1/p-1. The van der Waals surface area contributed by atoms with Crippen molar-refractivity contribution in [3.63, 3.8) is 0 Å². The topological polar surface area (TPSA) is 73.2 Å². The molecule has 4 nitrogen and oxygen atoms in total. The van der Waals surface area contributed by atoms with Crippen molar-refractivity contribution in [1.29, 1.82) is 5.26 Å². The summed E-state index contributed by atoms with van der Waals surface area (Å²) in [6.45, 7) is 0. The molecule has 0 unspecified atom stereocenters. The van der Waals surface area contributed by atoms with Crippen LogP contribution in [0.1, 0.15) is 0 Å². The van der Waals surface area contributed by atoms with Crippen LogP contribution >= 0.6 is 0 Å². The zero-order chi connectivity index (χ0) is 10.6. The summed E-state index contributed by atoms with van der Waals surface area (Å²) in [7, 11) is 0.767. The maximum absolute atomic E-state index is 11.7.